The summed E-state index contributed by atoms with van der Waals surface area (Å²) in [5.74, 6) is 0.863. The highest BCUT2D eigenvalue weighted by molar-refractivity contribution is 7.15. The van der Waals surface area contributed by atoms with Gasteiger partial charge in [-0.05, 0) is 199 Å². The van der Waals surface area contributed by atoms with E-state index in [0.29, 0.717) is 28.5 Å². The smallest absolute Gasteiger partial charge is 0.407 e. The van der Waals surface area contributed by atoms with Gasteiger partial charge >= 0.3 is 12.1 Å². The normalized spacial score (nSPS) is 18.0. The number of ether oxygens (including phenoxy) is 1. The van der Waals surface area contributed by atoms with Crippen LogP contribution in [0.3, 0.4) is 0 Å². The molecule has 5 saturated carbocycles. The Morgan fingerprint density at radius 2 is 0.868 bits per heavy atom. The molecule has 0 unspecified atom stereocenters. The van der Waals surface area contributed by atoms with Gasteiger partial charge in [-0.25, -0.2) is 18.3 Å². The number of rotatable bonds is 19. The maximum atomic E-state index is 12.0. The van der Waals surface area contributed by atoms with Gasteiger partial charge in [-0.1, -0.05) is 34.0 Å². The molecule has 2 amide bonds. The Hall–Kier alpha value is -11.5. The van der Waals surface area contributed by atoms with Crippen LogP contribution in [-0.2, 0) is 14.3 Å². The third-order valence-corrected chi connectivity index (χ3v) is 22.5. The summed E-state index contributed by atoms with van der Waals surface area (Å²) in [4.78, 5) is 48.0. The van der Waals surface area contributed by atoms with Gasteiger partial charge in [-0.3, -0.25) is 28.9 Å². The van der Waals surface area contributed by atoms with Crippen molar-refractivity contribution in [1.29, 1.82) is 15.8 Å². The number of hydrogen-bond donors (Lipinski definition) is 7. The van der Waals surface area contributed by atoms with Gasteiger partial charge in [0.1, 0.15) is 38.8 Å². The number of carbonyl (C=O) groups excluding carboxylic acids is 2. The van der Waals surface area contributed by atoms with E-state index in [0.717, 1.165) is 179 Å². The Kier molecular flexibility index (Phi) is 25.2. The molecule has 12 aromatic heterocycles. The molecule has 0 saturated heterocycles. The van der Waals surface area contributed by atoms with Crippen LogP contribution in [0.5, 0.6) is 0 Å². The number of nitriles is 3. The molecule has 5 fully saturated rings. The van der Waals surface area contributed by atoms with Crippen LogP contribution < -0.4 is 32.3 Å². The zero-order chi connectivity index (χ0) is 80.6. The number of alkyl halides is 1. The number of alkyl carbamates (subject to hydrolysis) is 1. The summed E-state index contributed by atoms with van der Waals surface area (Å²) >= 11 is 4.77. The number of carboxylic acids is 1. The van der Waals surface area contributed by atoms with E-state index in [4.69, 9.17) is 47.7 Å². The lowest BCUT2D eigenvalue weighted by molar-refractivity contribution is -0.138. The lowest BCUT2D eigenvalue weighted by Crippen LogP contribution is -2.45. The number of nitrogens with one attached hydrogen (secondary N) is 5. The molecule has 12 heterocycles. The minimum atomic E-state index is -1.00. The predicted octanol–water partition coefficient (Wildman–Crippen LogP) is 15.1. The molecule has 590 valence electrons. The van der Waals surface area contributed by atoms with E-state index in [1.807, 2.05) is 106 Å². The van der Waals surface area contributed by atoms with Crippen LogP contribution in [0.1, 0.15) is 177 Å². The molecule has 0 aliphatic heterocycles. The number of hydrogen-bond acceptors (Lipinski definition) is 26. The van der Waals surface area contributed by atoms with Crippen molar-refractivity contribution < 1.29 is 30.0 Å². The summed E-state index contributed by atoms with van der Waals surface area (Å²) in [5, 5.41) is 97.7. The molecule has 8 N–H and O–H groups in total. The maximum absolute atomic E-state index is 12.0. The second-order valence-electron chi connectivity index (χ2n) is 30.5. The molecule has 114 heavy (non-hydrogen) atoms. The standard InChI is InChI=1S/C27H30N8O2S.C26H26N8OS.C22H22N8S.C4H6O2.CH3F.ClH/c1-15(2)31-21-11-22(23-7-6-19-8-16(12-28)13-30-35(19)23)29-14-20(21)25-34-33-24(38-25)17-9-18(10-17)32-26(36)37-27(3,4)5;1-14(2)30-21-10-22(23-6-5-19-7-15(11-27)12-29-34(19)23)28-13-20(21)26-33-32-25(36-26)17-8-18(9-17)31-24(35)16-3-4-16;1-12(2)27-18-8-19(20-4-3-16-5-13(9-23)10-26-30(16)20)25-11-17(18)22-29-28-21(31-22)14-6-15(24)7-14;5-4(6)3-1-2-3;1-2;/h6-8,11,13-15,17-18H,9-10H2,1-5H3,(H,29,31)(H,32,36);5-7,10,12-14,16-18H,3-4,8-9H2,1-2H3,(H,28,30)(H,31,35);3-5,8,10-12,14-15H,6-7,24H2,1-2H3,(H,25,27);3H,1-2H2,(H,5,6);1H3;1H/i;;;;1D;. The molecule has 0 spiro atoms. The van der Waals surface area contributed by atoms with Gasteiger partial charge in [-0.15, -0.1) is 43.0 Å². The van der Waals surface area contributed by atoms with Crippen molar-refractivity contribution in [2.24, 2.45) is 17.6 Å². The zero-order valence-electron chi connectivity index (χ0n) is 65.2. The molecule has 5 aliphatic carbocycles. The predicted molar refractivity (Wildman–Crippen MR) is 439 cm³/mol. The number of aliphatic carboxylic acids is 1. The van der Waals surface area contributed by atoms with Crippen molar-refractivity contribution in [2.45, 2.75) is 186 Å². The summed E-state index contributed by atoms with van der Waals surface area (Å²) in [6.07, 6.45) is 19.1. The first-order valence-corrected chi connectivity index (χ1v) is 39.9. The number of nitrogens with two attached hydrogens (primary N) is 1. The summed E-state index contributed by atoms with van der Waals surface area (Å²) in [6.45, 7) is 18.1. The highest BCUT2D eigenvalue weighted by atomic mass is 35.5. The Labute approximate surface area is 677 Å². The third kappa shape index (κ3) is 19.6. The first-order valence-electron chi connectivity index (χ1n) is 38.1. The van der Waals surface area contributed by atoms with Crippen molar-refractivity contribution in [2.75, 3.05) is 23.1 Å². The fourth-order valence-corrected chi connectivity index (χ4v) is 16.1. The van der Waals surface area contributed by atoms with Gasteiger partial charge in [0.15, 0.2) is 15.0 Å². The van der Waals surface area contributed by atoms with Gasteiger partial charge in [0.2, 0.25) is 5.91 Å². The molecule has 29 nitrogen and oxygen atoms in total. The van der Waals surface area contributed by atoms with Crippen LogP contribution in [0, 0.1) is 45.8 Å². The van der Waals surface area contributed by atoms with Crippen molar-refractivity contribution in [3.05, 3.63) is 142 Å². The fraction of sp³-hybridized carbons (Fsp3) is 0.400. The van der Waals surface area contributed by atoms with E-state index in [1.54, 1.807) is 72.2 Å². The molecular weight excluding hydrogens is 1530 g/mol. The van der Waals surface area contributed by atoms with Crippen molar-refractivity contribution >= 4 is 98.0 Å². The van der Waals surface area contributed by atoms with Gasteiger partial charge in [0.25, 0.3) is 0 Å². The topological polar surface area (TPSA) is 406 Å². The van der Waals surface area contributed by atoms with Gasteiger partial charge < -0.3 is 42.2 Å². The molecule has 17 rings (SSSR count). The van der Waals surface area contributed by atoms with Crippen LogP contribution in [0.25, 0.3) is 82.4 Å². The second-order valence-corrected chi connectivity index (χ2v) is 33.5. The van der Waals surface area contributed by atoms with Crippen LogP contribution in [0.2, 0.25) is 0 Å². The van der Waals surface area contributed by atoms with Gasteiger partial charge in [-0.2, -0.15) is 31.1 Å². The Morgan fingerprint density at radius 3 is 1.16 bits per heavy atom. The number of pyridine rings is 3. The van der Waals surface area contributed by atoms with Crippen molar-refractivity contribution in [3.8, 4) is 84.1 Å². The Morgan fingerprint density at radius 1 is 0.535 bits per heavy atom. The van der Waals surface area contributed by atoms with Crippen LogP contribution in [-0.4, -0.2) is 146 Å². The Balaban J connectivity index is 0.000000151. The minimum Gasteiger partial charge on any atom is -0.481 e. The largest absolute Gasteiger partial charge is 0.481 e. The van der Waals surface area contributed by atoms with E-state index >= 15 is 0 Å². The van der Waals surface area contributed by atoms with E-state index in [9.17, 15) is 18.8 Å². The summed E-state index contributed by atoms with van der Waals surface area (Å²) in [7, 11) is -1.00. The number of fused-ring (bicyclic) bond motifs is 3. The Bertz CT molecular complexity index is 5610. The fourth-order valence-electron chi connectivity index (χ4n) is 13.1. The molecule has 0 radical (unpaired) electrons. The number of anilines is 3. The van der Waals surface area contributed by atoms with Crippen LogP contribution >= 0.6 is 46.4 Å². The van der Waals surface area contributed by atoms with Gasteiger partial charge in [0, 0.05) is 95.6 Å². The van der Waals surface area contributed by atoms with E-state index < -0.39 is 18.7 Å². The molecule has 0 bridgehead atoms. The summed E-state index contributed by atoms with van der Waals surface area (Å²) < 4.78 is 26.2. The molecule has 5 aliphatic rings. The summed E-state index contributed by atoms with van der Waals surface area (Å²) in [5.41, 5.74) is 19.9. The van der Waals surface area contributed by atoms with Crippen LogP contribution in [0.15, 0.2) is 110 Å². The lowest BCUT2D eigenvalue weighted by Gasteiger charge is -2.34. The number of nitrogens with zero attached hydrogens (tertiary/aromatic N) is 18. The molecular formula is C80H88ClFN24O5S3. The molecule has 0 aromatic carbocycles. The van der Waals surface area contributed by atoms with E-state index in [-0.39, 0.29) is 78.4 Å². The highest BCUT2D eigenvalue weighted by Gasteiger charge is 2.39. The average molecular weight is 1620 g/mol. The summed E-state index contributed by atoms with van der Waals surface area (Å²) in [6, 6.07) is 30.8. The highest BCUT2D eigenvalue weighted by Crippen LogP contribution is 2.46. The SMILES string of the molecule is CC(C)Nc1cc(-c2ccc3cc(C#N)cnn23)ncc1-c1nnc(C2CC(N)C2)s1.CC(C)Nc1cc(-c2ccc3cc(C#N)cnn23)ncc1-c1nnc(C2CC(NC(=O)C3CC3)C2)s1.CC(C)Nc1cc(-c2ccc3cc(C#N)cnn23)ncc1-c1nnc(C2CC(NC(=O)OC(C)(C)C)C2)s1.Cl.O=C(O)C1CC1.[2H]CF. The maximum Gasteiger partial charge on any atom is 0.407 e. The number of aromatic nitrogens is 15. The van der Waals surface area contributed by atoms with Crippen LogP contribution in [0.4, 0.5) is 26.2 Å². The number of carbonyl (C=O) groups is 3. The monoisotopic (exact) mass is 1620 g/mol. The number of amides is 2. The molecule has 34 heteroatoms. The first kappa shape index (κ1) is 80.5. The molecule has 12 aromatic rings. The van der Waals surface area contributed by atoms with E-state index in [1.165, 1.54) is 0 Å². The minimum absolute atomic E-state index is 0. The number of halogens is 2. The first-order chi connectivity index (χ1) is 54.8. The second kappa shape index (κ2) is 35.7. The van der Waals surface area contributed by atoms with E-state index in [2.05, 4.69) is 132 Å². The van der Waals surface area contributed by atoms with Gasteiger partial charge in [0.05, 0.1) is 117 Å². The quantitative estimate of drug-likeness (QED) is 0.0395. The number of carboxylic acid groups (broad SMARTS) is 1. The third-order valence-electron chi connectivity index (χ3n) is 19.2. The zero-order valence-corrected chi connectivity index (χ0v) is 67.5. The van der Waals surface area contributed by atoms with Crippen molar-refractivity contribution in [3.63, 3.8) is 0 Å². The lowest BCUT2D eigenvalue weighted by atomic mass is 9.80. The molecule has 0 atom stereocenters. The van der Waals surface area contributed by atoms with Crippen molar-refractivity contribution in [1.82, 2.24) is 85.0 Å². The average Bonchev–Trinajstić information content (AvgIpc) is 1.63.